The third-order valence-corrected chi connectivity index (χ3v) is 2.42. The molecule has 0 unspecified atom stereocenters. The summed E-state index contributed by atoms with van der Waals surface area (Å²) < 4.78 is 0. The smallest absolute Gasteiger partial charge is 0.349 e. The number of hydrogen-bond donors (Lipinski definition) is 2. The minimum absolute atomic E-state index is 0.500. The number of carboxylic acids is 1. The summed E-state index contributed by atoms with van der Waals surface area (Å²) in [5, 5.41) is 9.64. The average Bonchev–Trinajstić information content (AvgIpc) is 2.28. The topological polar surface area (TPSA) is 66.4 Å². The van der Waals surface area contributed by atoms with E-state index in [9.17, 15) is 9.59 Å². The van der Waals surface area contributed by atoms with Crippen LogP contribution in [0.3, 0.4) is 0 Å². The molecule has 6 heteroatoms. The zero-order chi connectivity index (χ0) is 12.1. The quantitative estimate of drug-likeness (QED) is 0.820. The summed E-state index contributed by atoms with van der Waals surface area (Å²) in [7, 11) is 0. The molecule has 0 radical (unpaired) electrons. The van der Waals surface area contributed by atoms with E-state index in [-0.39, 0.29) is 0 Å². The Morgan fingerprint density at radius 3 is 2.12 bits per heavy atom. The molecule has 0 atom stereocenters. The standard InChI is InChI=1S/C10H7Cl2NO3/c11-7(8(12)10(15)16)9(14)13-6-4-2-1-3-5-6/h1-5H,(H,13,14)(H,15,16). The van der Waals surface area contributed by atoms with Gasteiger partial charge < -0.3 is 10.4 Å². The number of carbonyl (C=O) groups excluding carboxylic acids is 1. The van der Waals surface area contributed by atoms with Crippen LogP contribution in [0, 0.1) is 0 Å². The molecule has 0 bridgehead atoms. The highest BCUT2D eigenvalue weighted by molar-refractivity contribution is 6.54. The minimum Gasteiger partial charge on any atom is -0.477 e. The Kier molecular flexibility index (Phi) is 4.34. The number of carbonyl (C=O) groups is 2. The van der Waals surface area contributed by atoms with Gasteiger partial charge in [0.05, 0.1) is 0 Å². The van der Waals surface area contributed by atoms with Crippen LogP contribution in [0.1, 0.15) is 0 Å². The molecule has 1 aromatic carbocycles. The zero-order valence-corrected chi connectivity index (χ0v) is 9.42. The summed E-state index contributed by atoms with van der Waals surface area (Å²) >= 11 is 10.8. The summed E-state index contributed by atoms with van der Waals surface area (Å²) in [6.07, 6.45) is 0. The van der Waals surface area contributed by atoms with Crippen molar-refractivity contribution in [1.82, 2.24) is 0 Å². The number of hydrogen-bond acceptors (Lipinski definition) is 2. The summed E-state index contributed by atoms with van der Waals surface area (Å²) in [5.41, 5.74) is 0.500. The first kappa shape index (κ1) is 12.5. The molecule has 0 spiro atoms. The van der Waals surface area contributed by atoms with Crippen molar-refractivity contribution in [2.75, 3.05) is 5.32 Å². The second-order valence-electron chi connectivity index (χ2n) is 2.75. The first-order valence-electron chi connectivity index (χ1n) is 4.17. The molecule has 0 aromatic heterocycles. The Morgan fingerprint density at radius 2 is 1.62 bits per heavy atom. The maximum atomic E-state index is 11.4. The maximum absolute atomic E-state index is 11.4. The largest absolute Gasteiger partial charge is 0.477 e. The number of carboxylic acid groups (broad SMARTS) is 1. The van der Waals surface area contributed by atoms with Gasteiger partial charge in [-0.25, -0.2) is 4.79 Å². The Labute approximate surface area is 101 Å². The molecule has 0 aliphatic rings. The molecule has 0 heterocycles. The zero-order valence-electron chi connectivity index (χ0n) is 7.91. The molecule has 2 N–H and O–H groups in total. The molecule has 1 aromatic rings. The van der Waals surface area contributed by atoms with Crippen molar-refractivity contribution < 1.29 is 14.7 Å². The highest BCUT2D eigenvalue weighted by Gasteiger charge is 2.16. The summed E-state index contributed by atoms with van der Waals surface area (Å²) in [6.45, 7) is 0. The third kappa shape index (κ3) is 3.25. The number of halogens is 2. The van der Waals surface area contributed by atoms with Gasteiger partial charge in [0.15, 0.2) is 0 Å². The van der Waals surface area contributed by atoms with Crippen LogP contribution in [0.25, 0.3) is 0 Å². The molecule has 16 heavy (non-hydrogen) atoms. The SMILES string of the molecule is O=C(O)C(Cl)=C(Cl)C(=O)Nc1ccccc1. The highest BCUT2D eigenvalue weighted by Crippen LogP contribution is 2.16. The molecule has 0 aliphatic carbocycles. The number of para-hydroxylation sites is 1. The van der Waals surface area contributed by atoms with Gasteiger partial charge in [-0.15, -0.1) is 0 Å². The minimum atomic E-state index is -1.45. The van der Waals surface area contributed by atoms with Crippen molar-refractivity contribution in [3.05, 3.63) is 40.4 Å². The average molecular weight is 260 g/mol. The van der Waals surface area contributed by atoms with E-state index in [2.05, 4.69) is 5.32 Å². The number of anilines is 1. The van der Waals surface area contributed by atoms with E-state index in [1.54, 1.807) is 30.3 Å². The van der Waals surface area contributed by atoms with Crippen LogP contribution < -0.4 is 5.32 Å². The van der Waals surface area contributed by atoms with Gasteiger partial charge >= 0.3 is 5.97 Å². The van der Waals surface area contributed by atoms with Crippen LogP contribution in [0.4, 0.5) is 5.69 Å². The molecule has 0 aliphatic heterocycles. The van der Waals surface area contributed by atoms with E-state index in [0.29, 0.717) is 5.69 Å². The Balaban J connectivity index is 2.82. The van der Waals surface area contributed by atoms with Gasteiger partial charge in [-0.1, -0.05) is 41.4 Å². The summed E-state index contributed by atoms with van der Waals surface area (Å²) in [6, 6.07) is 8.48. The van der Waals surface area contributed by atoms with Gasteiger partial charge in [0.2, 0.25) is 0 Å². The Bertz CT molecular complexity index is 443. The number of amides is 1. The fraction of sp³-hybridized carbons (Fsp3) is 0. The van der Waals surface area contributed by atoms with Crippen LogP contribution in [-0.4, -0.2) is 17.0 Å². The molecule has 0 fully saturated rings. The lowest BCUT2D eigenvalue weighted by Gasteiger charge is -2.03. The van der Waals surface area contributed by atoms with Gasteiger partial charge in [-0.3, -0.25) is 4.79 Å². The predicted molar refractivity (Wildman–Crippen MR) is 61.4 cm³/mol. The van der Waals surface area contributed by atoms with E-state index in [1.165, 1.54) is 0 Å². The van der Waals surface area contributed by atoms with E-state index in [4.69, 9.17) is 28.3 Å². The molecule has 0 saturated carbocycles. The number of aliphatic carboxylic acids is 1. The lowest BCUT2D eigenvalue weighted by molar-refractivity contribution is -0.132. The monoisotopic (exact) mass is 259 g/mol. The second kappa shape index (κ2) is 5.53. The molecule has 1 rings (SSSR count). The first-order valence-corrected chi connectivity index (χ1v) is 4.93. The van der Waals surface area contributed by atoms with Crippen LogP contribution in [0.5, 0.6) is 0 Å². The fourth-order valence-electron chi connectivity index (χ4n) is 0.901. The van der Waals surface area contributed by atoms with E-state index in [0.717, 1.165) is 0 Å². The van der Waals surface area contributed by atoms with Crippen molar-refractivity contribution in [1.29, 1.82) is 0 Å². The van der Waals surface area contributed by atoms with Crippen LogP contribution in [0.2, 0.25) is 0 Å². The van der Waals surface area contributed by atoms with Crippen molar-refractivity contribution in [3.8, 4) is 0 Å². The van der Waals surface area contributed by atoms with E-state index >= 15 is 0 Å². The number of rotatable bonds is 3. The lowest BCUT2D eigenvalue weighted by Crippen LogP contribution is -2.14. The van der Waals surface area contributed by atoms with E-state index < -0.39 is 21.9 Å². The summed E-state index contributed by atoms with van der Waals surface area (Å²) in [5.74, 6) is -2.21. The maximum Gasteiger partial charge on any atom is 0.349 e. The van der Waals surface area contributed by atoms with E-state index in [1.807, 2.05) is 0 Å². The van der Waals surface area contributed by atoms with Gasteiger partial charge in [0.1, 0.15) is 10.1 Å². The molecule has 1 amide bonds. The first-order chi connectivity index (χ1) is 7.52. The predicted octanol–water partition coefficient (Wildman–Crippen LogP) is 2.40. The molecular formula is C10H7Cl2NO3. The summed E-state index contributed by atoms with van der Waals surface area (Å²) in [4.78, 5) is 21.9. The van der Waals surface area contributed by atoms with Gasteiger partial charge in [0, 0.05) is 5.69 Å². The fourth-order valence-corrected chi connectivity index (χ4v) is 1.11. The van der Waals surface area contributed by atoms with Crippen molar-refractivity contribution in [2.24, 2.45) is 0 Å². The molecule has 4 nitrogen and oxygen atoms in total. The molecule has 0 saturated heterocycles. The number of nitrogens with one attached hydrogen (secondary N) is 1. The van der Waals surface area contributed by atoms with Gasteiger partial charge in [-0.2, -0.15) is 0 Å². The lowest BCUT2D eigenvalue weighted by atomic mass is 10.3. The molecule has 84 valence electrons. The highest BCUT2D eigenvalue weighted by atomic mass is 35.5. The van der Waals surface area contributed by atoms with Gasteiger partial charge in [-0.05, 0) is 12.1 Å². The Morgan fingerprint density at radius 1 is 1.06 bits per heavy atom. The van der Waals surface area contributed by atoms with Crippen LogP contribution in [0.15, 0.2) is 40.4 Å². The molecular weight excluding hydrogens is 253 g/mol. The van der Waals surface area contributed by atoms with Crippen LogP contribution in [-0.2, 0) is 9.59 Å². The third-order valence-electron chi connectivity index (χ3n) is 1.61. The number of benzene rings is 1. The normalized spacial score (nSPS) is 11.6. The van der Waals surface area contributed by atoms with Crippen molar-refractivity contribution in [2.45, 2.75) is 0 Å². The Hall–Kier alpha value is -1.52. The van der Waals surface area contributed by atoms with Crippen molar-refractivity contribution in [3.63, 3.8) is 0 Å². The van der Waals surface area contributed by atoms with Gasteiger partial charge in [0.25, 0.3) is 5.91 Å². The van der Waals surface area contributed by atoms with Crippen LogP contribution >= 0.6 is 23.2 Å². The van der Waals surface area contributed by atoms with Crippen molar-refractivity contribution >= 4 is 40.8 Å². The second-order valence-corrected chi connectivity index (χ2v) is 3.51.